The molecule has 4 N–H and O–H groups in total. The van der Waals surface area contributed by atoms with E-state index in [-0.39, 0.29) is 0 Å². The lowest BCUT2D eigenvalue weighted by molar-refractivity contribution is 0.426. The smallest absolute Gasteiger partial charge is 0.423 e. The molecule has 0 spiro atoms. The molecule has 7 heteroatoms. The van der Waals surface area contributed by atoms with Crippen molar-refractivity contribution in [3.63, 3.8) is 0 Å². The van der Waals surface area contributed by atoms with Crippen molar-refractivity contribution < 1.29 is 10.0 Å². The van der Waals surface area contributed by atoms with Crippen molar-refractivity contribution in [1.82, 2.24) is 15.0 Å². The maximum Gasteiger partial charge on any atom is 0.490 e. The molecule has 4 aromatic rings. The van der Waals surface area contributed by atoms with Crippen molar-refractivity contribution in [1.29, 1.82) is 0 Å². The average Bonchev–Trinajstić information content (AvgIpc) is 3.04. The number of hydrogen-bond donors (Lipinski definition) is 4. The zero-order chi connectivity index (χ0) is 19.7. The van der Waals surface area contributed by atoms with Crippen LogP contribution in [0.5, 0.6) is 0 Å². The minimum atomic E-state index is -1.54. The summed E-state index contributed by atoms with van der Waals surface area (Å²) in [5.74, 6) is 1.37. The number of fused-ring (bicyclic) bond motifs is 1. The third kappa shape index (κ3) is 3.37. The molecule has 0 aliphatic rings. The predicted octanol–water partition coefficient (Wildman–Crippen LogP) is 2.53. The summed E-state index contributed by atoms with van der Waals surface area (Å²) < 4.78 is 0. The Morgan fingerprint density at radius 2 is 1.82 bits per heavy atom. The second-order valence-electron chi connectivity index (χ2n) is 6.83. The lowest BCUT2D eigenvalue weighted by Gasteiger charge is -2.10. The zero-order valence-corrected chi connectivity index (χ0v) is 15.8. The number of aromatic nitrogens is 3. The quantitative estimate of drug-likeness (QED) is 0.404. The van der Waals surface area contributed by atoms with E-state index in [0.717, 1.165) is 28.0 Å². The van der Waals surface area contributed by atoms with E-state index in [1.165, 1.54) is 5.56 Å². The van der Waals surface area contributed by atoms with Crippen LogP contribution in [0.1, 0.15) is 16.8 Å². The number of para-hydroxylation sites is 1. The Kier molecular flexibility index (Phi) is 4.85. The summed E-state index contributed by atoms with van der Waals surface area (Å²) >= 11 is 0. The molecule has 4 rings (SSSR count). The average molecular weight is 372 g/mol. The number of aromatic amines is 1. The van der Waals surface area contributed by atoms with Gasteiger partial charge in [-0.3, -0.25) is 0 Å². The second kappa shape index (κ2) is 7.46. The van der Waals surface area contributed by atoms with Gasteiger partial charge in [-0.2, -0.15) is 0 Å². The van der Waals surface area contributed by atoms with E-state index in [1.807, 2.05) is 38.1 Å². The van der Waals surface area contributed by atoms with Gasteiger partial charge in [0.1, 0.15) is 5.82 Å². The normalized spacial score (nSPS) is 11.0. The van der Waals surface area contributed by atoms with Crippen LogP contribution < -0.4 is 10.8 Å². The number of nitrogens with zero attached hydrogens (tertiary/aromatic N) is 2. The highest BCUT2D eigenvalue weighted by Gasteiger charge is 2.20. The minimum Gasteiger partial charge on any atom is -0.423 e. The first-order chi connectivity index (χ1) is 13.5. The molecule has 0 saturated heterocycles. The molecule has 0 aliphatic heterocycles. The van der Waals surface area contributed by atoms with Gasteiger partial charge in [-0.05, 0) is 19.4 Å². The number of benzene rings is 2. The van der Waals surface area contributed by atoms with Gasteiger partial charge in [-0.1, -0.05) is 48.5 Å². The number of H-pyrrole nitrogens is 1. The lowest BCUT2D eigenvalue weighted by atomic mass is 9.79. The van der Waals surface area contributed by atoms with Gasteiger partial charge in [0.05, 0.1) is 0 Å². The Bertz CT molecular complexity index is 1130. The Morgan fingerprint density at radius 3 is 2.57 bits per heavy atom. The van der Waals surface area contributed by atoms with Gasteiger partial charge >= 0.3 is 7.12 Å². The van der Waals surface area contributed by atoms with Crippen LogP contribution in [-0.2, 0) is 6.54 Å². The fourth-order valence-electron chi connectivity index (χ4n) is 3.40. The molecule has 0 amide bonds. The molecule has 0 saturated carbocycles. The molecule has 0 atom stereocenters. The fraction of sp³-hybridized carbons (Fsp3) is 0.143. The third-order valence-corrected chi connectivity index (χ3v) is 4.83. The van der Waals surface area contributed by atoms with Crippen LogP contribution in [-0.4, -0.2) is 32.1 Å². The molecular weight excluding hydrogens is 351 g/mol. The first-order valence-electron chi connectivity index (χ1n) is 9.13. The van der Waals surface area contributed by atoms with E-state index in [0.29, 0.717) is 23.3 Å². The predicted molar refractivity (Wildman–Crippen MR) is 112 cm³/mol. The molecule has 0 bridgehead atoms. The molecule has 0 fully saturated rings. The third-order valence-electron chi connectivity index (χ3n) is 4.83. The summed E-state index contributed by atoms with van der Waals surface area (Å²) in [6.07, 6.45) is 1.80. The fourth-order valence-corrected chi connectivity index (χ4v) is 3.40. The van der Waals surface area contributed by atoms with E-state index in [9.17, 15) is 10.0 Å². The zero-order valence-electron chi connectivity index (χ0n) is 15.8. The van der Waals surface area contributed by atoms with Crippen molar-refractivity contribution in [2.75, 3.05) is 5.32 Å². The number of aryl methyl sites for hydroxylation is 2. The monoisotopic (exact) mass is 372 g/mol. The number of rotatable bonds is 5. The van der Waals surface area contributed by atoms with E-state index in [4.69, 9.17) is 4.98 Å². The molecule has 2 aromatic heterocycles. The first kappa shape index (κ1) is 18.2. The van der Waals surface area contributed by atoms with Gasteiger partial charge in [0.25, 0.3) is 0 Å². The number of hydrogen-bond acceptors (Lipinski definition) is 5. The van der Waals surface area contributed by atoms with E-state index >= 15 is 0 Å². The Morgan fingerprint density at radius 1 is 1.04 bits per heavy atom. The summed E-state index contributed by atoms with van der Waals surface area (Å²) in [6.45, 7) is 4.58. The van der Waals surface area contributed by atoms with Crippen molar-refractivity contribution in [3.8, 4) is 11.4 Å². The van der Waals surface area contributed by atoms with Crippen LogP contribution in [0.25, 0.3) is 22.3 Å². The lowest BCUT2D eigenvalue weighted by Crippen LogP contribution is -2.30. The van der Waals surface area contributed by atoms with Gasteiger partial charge in [0.15, 0.2) is 5.82 Å². The molecule has 0 unspecified atom stereocenters. The standard InChI is InChI=1S/C21H21BN4O2/c1-13-11-23-21(26-20(13)24-12-15-7-4-3-5-8-15)18-14(2)25-19-16(18)9-6-10-17(19)22(27)28/h3-11,25,27-28H,12H2,1-2H3,(H,23,24,26). The molecule has 0 radical (unpaired) electrons. The maximum absolute atomic E-state index is 9.65. The van der Waals surface area contributed by atoms with E-state index < -0.39 is 7.12 Å². The summed E-state index contributed by atoms with van der Waals surface area (Å²) in [5, 5.41) is 23.5. The SMILES string of the molecule is Cc1cnc(-c2c(C)[nH]c3c(B(O)O)cccc23)nc1NCc1ccccc1. The van der Waals surface area contributed by atoms with Crippen LogP contribution in [0.2, 0.25) is 0 Å². The molecular formula is C21H21BN4O2. The largest absolute Gasteiger partial charge is 0.490 e. The molecule has 140 valence electrons. The molecule has 2 heterocycles. The Labute approximate surface area is 163 Å². The minimum absolute atomic E-state index is 0.432. The van der Waals surface area contributed by atoms with Gasteiger partial charge in [-0.25, -0.2) is 9.97 Å². The maximum atomic E-state index is 9.65. The summed E-state index contributed by atoms with van der Waals surface area (Å²) in [6, 6.07) is 15.6. The summed E-state index contributed by atoms with van der Waals surface area (Å²) in [4.78, 5) is 12.5. The Balaban J connectivity index is 1.74. The van der Waals surface area contributed by atoms with Crippen LogP contribution in [0.3, 0.4) is 0 Å². The highest BCUT2D eigenvalue weighted by Crippen LogP contribution is 2.30. The molecule has 28 heavy (non-hydrogen) atoms. The number of nitrogens with one attached hydrogen (secondary N) is 2. The van der Waals surface area contributed by atoms with E-state index in [1.54, 1.807) is 18.3 Å². The van der Waals surface area contributed by atoms with Crippen molar-refractivity contribution in [2.45, 2.75) is 20.4 Å². The van der Waals surface area contributed by atoms with Crippen molar-refractivity contribution in [3.05, 3.63) is 71.5 Å². The number of anilines is 1. The van der Waals surface area contributed by atoms with Gasteiger partial charge in [0.2, 0.25) is 0 Å². The summed E-state index contributed by atoms with van der Waals surface area (Å²) in [5.41, 5.74) is 4.99. The van der Waals surface area contributed by atoms with Crippen LogP contribution >= 0.6 is 0 Å². The van der Waals surface area contributed by atoms with Gasteiger partial charge < -0.3 is 20.3 Å². The second-order valence-corrected chi connectivity index (χ2v) is 6.83. The van der Waals surface area contributed by atoms with Gasteiger partial charge in [-0.15, -0.1) is 0 Å². The summed E-state index contributed by atoms with van der Waals surface area (Å²) in [7, 11) is -1.54. The van der Waals surface area contributed by atoms with Gasteiger partial charge in [0, 0.05) is 45.9 Å². The van der Waals surface area contributed by atoms with Crippen molar-refractivity contribution in [2.24, 2.45) is 0 Å². The Hall–Kier alpha value is -3.16. The highest BCUT2D eigenvalue weighted by atomic mass is 16.4. The first-order valence-corrected chi connectivity index (χ1v) is 9.13. The van der Waals surface area contributed by atoms with Crippen LogP contribution in [0.4, 0.5) is 5.82 Å². The molecule has 2 aromatic carbocycles. The molecule has 0 aliphatic carbocycles. The van der Waals surface area contributed by atoms with Crippen LogP contribution in [0.15, 0.2) is 54.7 Å². The topological polar surface area (TPSA) is 94.1 Å². The van der Waals surface area contributed by atoms with E-state index in [2.05, 4.69) is 27.4 Å². The van der Waals surface area contributed by atoms with Crippen LogP contribution in [0, 0.1) is 13.8 Å². The molecule has 6 nitrogen and oxygen atoms in total. The van der Waals surface area contributed by atoms with Crippen molar-refractivity contribution >= 4 is 29.3 Å². The highest BCUT2D eigenvalue weighted by molar-refractivity contribution is 6.61.